The van der Waals surface area contributed by atoms with Gasteiger partial charge in [-0.15, -0.1) is 0 Å². The number of nitrogens with zero attached hydrogens (tertiary/aromatic N) is 1. The summed E-state index contributed by atoms with van der Waals surface area (Å²) in [4.78, 5) is 12.7. The molecule has 0 bridgehead atoms. The molecule has 0 fully saturated rings. The minimum Gasteiger partial charge on any atom is -0.345 e. The maximum atomic E-state index is 12.7. The van der Waals surface area contributed by atoms with Gasteiger partial charge in [0.15, 0.2) is 0 Å². The fraction of sp³-hybridized carbons (Fsp3) is 0.261. The molecule has 0 amide bonds. The number of aryl methyl sites for hydroxylation is 1. The van der Waals surface area contributed by atoms with Crippen LogP contribution >= 0.6 is 23.2 Å². The van der Waals surface area contributed by atoms with E-state index in [9.17, 15) is 4.79 Å². The standard InChI is InChI=1S/C20H17Cl2NO.C2H6.CH4/c1-3-16-9-11-19(23(16)2)20(24)14-6-4-13(5-7-14)17-10-8-15(21)12-18(17)22;1-2;/h4-12H,3H2,1-2H3;1-2H3;1H4. The van der Waals surface area contributed by atoms with Gasteiger partial charge in [0.05, 0.1) is 5.69 Å². The third-order valence-corrected chi connectivity index (χ3v) is 4.76. The van der Waals surface area contributed by atoms with E-state index in [1.165, 1.54) is 0 Å². The van der Waals surface area contributed by atoms with Crippen LogP contribution in [0.25, 0.3) is 11.1 Å². The van der Waals surface area contributed by atoms with Crippen molar-refractivity contribution in [2.75, 3.05) is 0 Å². The van der Waals surface area contributed by atoms with Crippen LogP contribution in [0.5, 0.6) is 0 Å². The van der Waals surface area contributed by atoms with E-state index < -0.39 is 0 Å². The van der Waals surface area contributed by atoms with Gasteiger partial charge < -0.3 is 4.57 Å². The van der Waals surface area contributed by atoms with Gasteiger partial charge in [-0.2, -0.15) is 0 Å². The van der Waals surface area contributed by atoms with E-state index in [0.717, 1.165) is 23.2 Å². The van der Waals surface area contributed by atoms with E-state index in [1.807, 2.05) is 67.9 Å². The highest BCUT2D eigenvalue weighted by molar-refractivity contribution is 6.36. The Morgan fingerprint density at radius 1 is 0.963 bits per heavy atom. The molecule has 0 atom stereocenters. The van der Waals surface area contributed by atoms with Gasteiger partial charge in [0, 0.05) is 33.9 Å². The largest absolute Gasteiger partial charge is 0.345 e. The Bertz CT molecular complexity index is 895. The third kappa shape index (κ3) is 5.03. The van der Waals surface area contributed by atoms with Crippen LogP contribution in [0.3, 0.4) is 0 Å². The van der Waals surface area contributed by atoms with Gasteiger partial charge in [0.1, 0.15) is 0 Å². The number of aromatic nitrogens is 1. The highest BCUT2D eigenvalue weighted by Gasteiger charge is 2.14. The molecule has 0 saturated carbocycles. The minimum atomic E-state index is 0. The number of carbonyl (C=O) groups is 1. The van der Waals surface area contributed by atoms with E-state index in [0.29, 0.717) is 21.3 Å². The molecule has 0 aliphatic rings. The molecule has 2 aromatic carbocycles. The number of rotatable bonds is 4. The Morgan fingerprint density at radius 2 is 1.59 bits per heavy atom. The number of halogens is 2. The lowest BCUT2D eigenvalue weighted by molar-refractivity contribution is 0.103. The Balaban J connectivity index is 0.00000118. The Hall–Kier alpha value is -2.03. The summed E-state index contributed by atoms with van der Waals surface area (Å²) >= 11 is 12.2. The summed E-state index contributed by atoms with van der Waals surface area (Å²) in [5.74, 6) is 0.0194. The van der Waals surface area contributed by atoms with Crippen molar-refractivity contribution in [3.05, 3.63) is 81.6 Å². The second kappa shape index (κ2) is 10.3. The van der Waals surface area contributed by atoms with Crippen LogP contribution in [0.1, 0.15) is 49.9 Å². The van der Waals surface area contributed by atoms with Gasteiger partial charge in [0.2, 0.25) is 5.78 Å². The summed E-state index contributed by atoms with van der Waals surface area (Å²) in [6.07, 6.45) is 0.901. The number of ketones is 1. The predicted octanol–water partition coefficient (Wildman–Crippen LogP) is 7.45. The summed E-state index contributed by atoms with van der Waals surface area (Å²) in [6.45, 7) is 6.08. The minimum absolute atomic E-state index is 0. The SMILES string of the molecule is C.CC.CCc1ccc(C(=O)c2ccc(-c3ccc(Cl)cc3Cl)cc2)n1C. The molecule has 2 nitrogen and oxygen atoms in total. The average molecular weight is 404 g/mol. The molecular weight excluding hydrogens is 377 g/mol. The van der Waals surface area contributed by atoms with Gasteiger partial charge in [-0.05, 0) is 36.2 Å². The molecule has 0 aliphatic heterocycles. The summed E-state index contributed by atoms with van der Waals surface area (Å²) in [6, 6.07) is 16.8. The molecule has 144 valence electrons. The second-order valence-corrected chi connectivity index (χ2v) is 6.50. The van der Waals surface area contributed by atoms with Crippen molar-refractivity contribution in [3.63, 3.8) is 0 Å². The van der Waals surface area contributed by atoms with Crippen LogP contribution in [0, 0.1) is 0 Å². The zero-order valence-electron chi connectivity index (χ0n) is 15.5. The van der Waals surface area contributed by atoms with Crippen LogP contribution < -0.4 is 0 Å². The summed E-state index contributed by atoms with van der Waals surface area (Å²) < 4.78 is 1.95. The predicted molar refractivity (Wildman–Crippen MR) is 118 cm³/mol. The van der Waals surface area contributed by atoms with E-state index in [1.54, 1.807) is 12.1 Å². The molecular formula is C23H27Cl2NO. The van der Waals surface area contributed by atoms with Crippen LogP contribution in [0.15, 0.2) is 54.6 Å². The number of hydrogen-bond donors (Lipinski definition) is 0. The first-order valence-corrected chi connectivity index (χ1v) is 9.51. The fourth-order valence-corrected chi connectivity index (χ4v) is 3.33. The van der Waals surface area contributed by atoms with Crippen molar-refractivity contribution in [1.82, 2.24) is 4.57 Å². The lowest BCUT2D eigenvalue weighted by atomic mass is 10.0. The van der Waals surface area contributed by atoms with Crippen LogP contribution in [-0.4, -0.2) is 10.4 Å². The molecule has 4 heteroatoms. The van der Waals surface area contributed by atoms with Crippen molar-refractivity contribution in [1.29, 1.82) is 0 Å². The Kier molecular flexibility index (Phi) is 8.81. The molecule has 1 aromatic heterocycles. The highest BCUT2D eigenvalue weighted by Crippen LogP contribution is 2.30. The molecule has 0 spiro atoms. The van der Waals surface area contributed by atoms with E-state index in [4.69, 9.17) is 23.2 Å². The molecule has 27 heavy (non-hydrogen) atoms. The zero-order valence-corrected chi connectivity index (χ0v) is 17.0. The maximum Gasteiger partial charge on any atom is 0.209 e. The van der Waals surface area contributed by atoms with Gasteiger partial charge in [-0.3, -0.25) is 4.79 Å². The number of carbonyl (C=O) groups excluding carboxylic acids is 1. The first-order chi connectivity index (χ1) is 12.5. The normalized spacial score (nSPS) is 9.85. The molecule has 0 aliphatic carbocycles. The summed E-state index contributed by atoms with van der Waals surface area (Å²) in [5.41, 5.74) is 4.35. The number of benzene rings is 2. The topological polar surface area (TPSA) is 22.0 Å². The molecule has 3 rings (SSSR count). The van der Waals surface area contributed by atoms with Crippen LogP contribution in [-0.2, 0) is 13.5 Å². The van der Waals surface area contributed by atoms with E-state index >= 15 is 0 Å². The molecule has 0 radical (unpaired) electrons. The van der Waals surface area contributed by atoms with Crippen molar-refractivity contribution in [3.8, 4) is 11.1 Å². The van der Waals surface area contributed by atoms with Gasteiger partial charge in [-0.1, -0.05) is 81.7 Å². The van der Waals surface area contributed by atoms with Crippen molar-refractivity contribution < 1.29 is 4.79 Å². The lowest BCUT2D eigenvalue weighted by Crippen LogP contribution is -2.08. The maximum absolute atomic E-state index is 12.7. The lowest BCUT2D eigenvalue weighted by Gasteiger charge is -2.08. The third-order valence-electron chi connectivity index (χ3n) is 4.21. The fourth-order valence-electron chi connectivity index (χ4n) is 2.81. The van der Waals surface area contributed by atoms with Crippen molar-refractivity contribution in [2.45, 2.75) is 34.6 Å². The van der Waals surface area contributed by atoms with Crippen molar-refractivity contribution in [2.24, 2.45) is 7.05 Å². The quantitative estimate of drug-likeness (QED) is 0.414. The van der Waals surface area contributed by atoms with Crippen LogP contribution in [0.2, 0.25) is 10.0 Å². The molecule has 3 aromatic rings. The average Bonchev–Trinajstić information content (AvgIpc) is 3.03. The first-order valence-electron chi connectivity index (χ1n) is 8.76. The Labute approximate surface area is 172 Å². The zero-order chi connectivity index (χ0) is 19.3. The molecule has 0 saturated heterocycles. The monoisotopic (exact) mass is 403 g/mol. The molecule has 0 N–H and O–H groups in total. The summed E-state index contributed by atoms with van der Waals surface area (Å²) in [5, 5.41) is 1.20. The second-order valence-electron chi connectivity index (χ2n) is 5.65. The molecule has 0 unspecified atom stereocenters. The van der Waals surface area contributed by atoms with E-state index in [-0.39, 0.29) is 13.2 Å². The Morgan fingerprint density at radius 3 is 2.11 bits per heavy atom. The van der Waals surface area contributed by atoms with Crippen molar-refractivity contribution >= 4 is 29.0 Å². The van der Waals surface area contributed by atoms with Gasteiger partial charge >= 0.3 is 0 Å². The van der Waals surface area contributed by atoms with Crippen LogP contribution in [0.4, 0.5) is 0 Å². The van der Waals surface area contributed by atoms with Gasteiger partial charge in [-0.25, -0.2) is 0 Å². The molecule has 1 heterocycles. The summed E-state index contributed by atoms with van der Waals surface area (Å²) in [7, 11) is 1.92. The number of hydrogen-bond acceptors (Lipinski definition) is 1. The van der Waals surface area contributed by atoms with E-state index in [2.05, 4.69) is 6.92 Å². The smallest absolute Gasteiger partial charge is 0.209 e. The van der Waals surface area contributed by atoms with Gasteiger partial charge in [0.25, 0.3) is 0 Å². The first kappa shape index (κ1) is 23.0. The highest BCUT2D eigenvalue weighted by atomic mass is 35.5.